The predicted molar refractivity (Wildman–Crippen MR) is 50.2 cm³/mol. The van der Waals surface area contributed by atoms with Gasteiger partial charge in [-0.05, 0) is 12.1 Å². The van der Waals surface area contributed by atoms with Gasteiger partial charge in [0.05, 0.1) is 11.0 Å². The number of nitrogens with zero attached hydrogens (tertiary/aromatic N) is 2. The molecule has 0 aliphatic carbocycles. The molecular formula is C9H7N3O. The molecule has 0 aliphatic heterocycles. The molecule has 1 heterocycles. The second kappa shape index (κ2) is 2.82. The third-order valence-corrected chi connectivity index (χ3v) is 1.63. The molecule has 2 N–H and O–H groups in total. The maximum atomic E-state index is 11.1. The van der Waals surface area contributed by atoms with Crippen LogP contribution in [0.1, 0.15) is 0 Å². The van der Waals surface area contributed by atoms with E-state index in [1.54, 1.807) is 18.2 Å². The van der Waals surface area contributed by atoms with Crippen molar-refractivity contribution in [3.63, 3.8) is 0 Å². The predicted octanol–water partition coefficient (Wildman–Crippen LogP) is 0.572. The Bertz CT molecular complexity index is 510. The van der Waals surface area contributed by atoms with Crippen molar-refractivity contribution in [1.82, 2.24) is 9.97 Å². The number of nitrogens with two attached hydrogens (primary N) is 1. The summed E-state index contributed by atoms with van der Waals surface area (Å²) in [6.07, 6.45) is 0. The van der Waals surface area contributed by atoms with Crippen molar-refractivity contribution in [3.8, 4) is 0 Å². The summed E-state index contributed by atoms with van der Waals surface area (Å²) in [6.45, 7) is 0. The fraction of sp³-hybridized carbons (Fsp3) is 0. The van der Waals surface area contributed by atoms with Gasteiger partial charge in [0.1, 0.15) is 5.82 Å². The number of para-hydroxylation sites is 2. The van der Waals surface area contributed by atoms with Crippen molar-refractivity contribution in [1.29, 1.82) is 0 Å². The van der Waals surface area contributed by atoms with Crippen LogP contribution in [-0.2, 0) is 0 Å². The quantitative estimate of drug-likeness (QED) is 0.632. The molecule has 0 saturated heterocycles. The lowest BCUT2D eigenvalue weighted by Gasteiger charge is -1.87. The smallest absolute Gasteiger partial charge is 0.274 e. The van der Waals surface area contributed by atoms with Crippen LogP contribution in [0.2, 0.25) is 0 Å². The number of fused-ring (bicyclic) bond motifs is 1. The fourth-order valence-electron chi connectivity index (χ4n) is 1.10. The average Bonchev–Trinajstić information content (AvgIpc) is 2.20. The molecule has 1 aromatic heterocycles. The first-order chi connectivity index (χ1) is 6.25. The van der Waals surface area contributed by atoms with Gasteiger partial charge in [0.2, 0.25) is 0 Å². The third kappa shape index (κ3) is 1.46. The molecule has 2 aromatic rings. The molecule has 0 unspecified atom stereocenters. The second-order valence-corrected chi connectivity index (χ2v) is 2.62. The normalized spacial score (nSPS) is 10.2. The van der Waals surface area contributed by atoms with Crippen LogP contribution >= 0.6 is 0 Å². The summed E-state index contributed by atoms with van der Waals surface area (Å²) in [7, 11) is 0. The van der Waals surface area contributed by atoms with Crippen LogP contribution in [0.15, 0.2) is 35.1 Å². The number of rotatable bonds is 0. The SMILES string of the molecule is Nc1cc(=O)nc2ccccc2n1. The molecule has 13 heavy (non-hydrogen) atoms. The molecule has 64 valence electrons. The lowest BCUT2D eigenvalue weighted by molar-refractivity contribution is 1.33. The first-order valence-electron chi connectivity index (χ1n) is 3.79. The van der Waals surface area contributed by atoms with Gasteiger partial charge >= 0.3 is 0 Å². The van der Waals surface area contributed by atoms with Crippen LogP contribution in [0, 0.1) is 0 Å². The standard InChI is InChI=1S/C9H7N3O/c10-8-5-9(13)12-7-4-2-1-3-6(7)11-8/h1-5H,10H2. The van der Waals surface area contributed by atoms with Crippen molar-refractivity contribution < 1.29 is 0 Å². The van der Waals surface area contributed by atoms with Gasteiger partial charge in [-0.3, -0.25) is 4.79 Å². The van der Waals surface area contributed by atoms with E-state index in [0.29, 0.717) is 11.0 Å². The molecule has 0 spiro atoms. The zero-order valence-electron chi connectivity index (χ0n) is 6.77. The van der Waals surface area contributed by atoms with Crippen molar-refractivity contribution >= 4 is 16.9 Å². The van der Waals surface area contributed by atoms with Gasteiger partial charge in [-0.2, -0.15) is 0 Å². The topological polar surface area (TPSA) is 68.9 Å². The molecular weight excluding hydrogens is 166 g/mol. The Balaban J connectivity index is 2.98. The van der Waals surface area contributed by atoms with Crippen LogP contribution < -0.4 is 11.3 Å². The molecule has 0 aliphatic rings. The van der Waals surface area contributed by atoms with E-state index in [4.69, 9.17) is 5.73 Å². The number of benzene rings is 1. The maximum absolute atomic E-state index is 11.1. The fourth-order valence-corrected chi connectivity index (χ4v) is 1.10. The van der Waals surface area contributed by atoms with E-state index in [2.05, 4.69) is 9.97 Å². The highest BCUT2D eigenvalue weighted by molar-refractivity contribution is 5.74. The van der Waals surface area contributed by atoms with E-state index in [1.165, 1.54) is 6.07 Å². The minimum Gasteiger partial charge on any atom is -0.384 e. The lowest BCUT2D eigenvalue weighted by Crippen LogP contribution is -2.00. The monoisotopic (exact) mass is 173 g/mol. The maximum Gasteiger partial charge on any atom is 0.274 e. The van der Waals surface area contributed by atoms with Crippen LogP contribution in [0.3, 0.4) is 0 Å². The van der Waals surface area contributed by atoms with E-state index in [1.807, 2.05) is 6.07 Å². The van der Waals surface area contributed by atoms with Gasteiger partial charge in [-0.1, -0.05) is 12.1 Å². The Morgan fingerprint density at radius 2 is 1.69 bits per heavy atom. The summed E-state index contributed by atoms with van der Waals surface area (Å²) in [5.74, 6) is 0.193. The molecule has 0 atom stereocenters. The van der Waals surface area contributed by atoms with Crippen molar-refractivity contribution in [3.05, 3.63) is 40.7 Å². The summed E-state index contributed by atoms with van der Waals surface area (Å²) < 4.78 is 0. The van der Waals surface area contributed by atoms with Gasteiger partial charge in [-0.25, -0.2) is 9.97 Å². The molecule has 0 fully saturated rings. The highest BCUT2D eigenvalue weighted by Gasteiger charge is 1.95. The van der Waals surface area contributed by atoms with E-state index in [9.17, 15) is 4.79 Å². The van der Waals surface area contributed by atoms with Gasteiger partial charge in [0.25, 0.3) is 5.56 Å². The number of hydrogen-bond donors (Lipinski definition) is 1. The number of anilines is 1. The Hall–Kier alpha value is -1.97. The van der Waals surface area contributed by atoms with E-state index in [0.717, 1.165) is 0 Å². The zero-order valence-corrected chi connectivity index (χ0v) is 6.77. The Morgan fingerprint density at radius 3 is 2.38 bits per heavy atom. The highest BCUT2D eigenvalue weighted by atomic mass is 16.1. The molecule has 2 rings (SSSR count). The minimum atomic E-state index is -0.369. The lowest BCUT2D eigenvalue weighted by atomic mass is 10.3. The highest BCUT2D eigenvalue weighted by Crippen LogP contribution is 2.05. The molecule has 4 heteroatoms. The molecule has 0 bridgehead atoms. The number of aromatic nitrogens is 2. The Morgan fingerprint density at radius 1 is 1.08 bits per heavy atom. The van der Waals surface area contributed by atoms with Crippen LogP contribution in [0.25, 0.3) is 11.0 Å². The van der Waals surface area contributed by atoms with Crippen LogP contribution in [-0.4, -0.2) is 9.97 Å². The Kier molecular flexibility index (Phi) is 1.66. The molecule has 1 aromatic carbocycles. The third-order valence-electron chi connectivity index (χ3n) is 1.63. The van der Waals surface area contributed by atoms with Gasteiger partial charge in [0.15, 0.2) is 0 Å². The summed E-state index contributed by atoms with van der Waals surface area (Å²) in [6, 6.07) is 8.31. The summed E-state index contributed by atoms with van der Waals surface area (Å²) >= 11 is 0. The molecule has 0 radical (unpaired) electrons. The number of nitrogen functional groups attached to an aromatic ring is 1. The van der Waals surface area contributed by atoms with Gasteiger partial charge in [-0.15, -0.1) is 0 Å². The van der Waals surface area contributed by atoms with Crippen molar-refractivity contribution in [2.45, 2.75) is 0 Å². The first kappa shape index (κ1) is 7.67. The Labute approximate surface area is 74.1 Å². The second-order valence-electron chi connectivity index (χ2n) is 2.62. The summed E-state index contributed by atoms with van der Waals surface area (Å²) in [5, 5.41) is 0. The summed E-state index contributed by atoms with van der Waals surface area (Å²) in [5.41, 5.74) is 6.27. The average molecular weight is 173 g/mol. The van der Waals surface area contributed by atoms with Crippen LogP contribution in [0.4, 0.5) is 5.82 Å². The largest absolute Gasteiger partial charge is 0.384 e. The van der Waals surface area contributed by atoms with Crippen LogP contribution in [0.5, 0.6) is 0 Å². The van der Waals surface area contributed by atoms with E-state index >= 15 is 0 Å². The molecule has 4 nitrogen and oxygen atoms in total. The van der Waals surface area contributed by atoms with Crippen molar-refractivity contribution in [2.75, 3.05) is 5.73 Å². The van der Waals surface area contributed by atoms with E-state index < -0.39 is 0 Å². The first-order valence-corrected chi connectivity index (χ1v) is 3.79. The van der Waals surface area contributed by atoms with Gasteiger partial charge in [0, 0.05) is 6.07 Å². The molecule has 0 saturated carbocycles. The summed E-state index contributed by atoms with van der Waals surface area (Å²) in [4.78, 5) is 18.9. The van der Waals surface area contributed by atoms with Gasteiger partial charge < -0.3 is 5.73 Å². The van der Waals surface area contributed by atoms with E-state index in [-0.39, 0.29) is 11.4 Å². The van der Waals surface area contributed by atoms with Crippen molar-refractivity contribution in [2.24, 2.45) is 0 Å². The number of hydrogen-bond acceptors (Lipinski definition) is 4. The zero-order chi connectivity index (χ0) is 9.26. The minimum absolute atomic E-state index is 0.193. The molecule has 0 amide bonds.